The van der Waals surface area contributed by atoms with Crippen LogP contribution >= 0.6 is 0 Å². The molecular formula is C7H9NO3. The number of ketones is 1. The summed E-state index contributed by atoms with van der Waals surface area (Å²) in [6.45, 7) is 3.73. The molecule has 0 bridgehead atoms. The van der Waals surface area contributed by atoms with Crippen LogP contribution in [0, 0.1) is 0 Å². The molecule has 11 heavy (non-hydrogen) atoms. The van der Waals surface area contributed by atoms with Gasteiger partial charge in [-0.1, -0.05) is 0 Å². The molecule has 0 saturated heterocycles. The number of carbonyl (C=O) groups excluding carboxylic acids is 1. The first-order valence-electron chi connectivity index (χ1n) is 3.33. The molecule has 1 aromatic heterocycles. The third-order valence-corrected chi connectivity index (χ3v) is 1.07. The van der Waals surface area contributed by atoms with E-state index in [4.69, 9.17) is 9.15 Å². The van der Waals surface area contributed by atoms with Crippen LogP contribution in [0.1, 0.15) is 24.5 Å². The lowest BCUT2D eigenvalue weighted by Crippen LogP contribution is -1.90. The third kappa shape index (κ3) is 1.80. The largest absolute Gasteiger partial charge is 0.464 e. The summed E-state index contributed by atoms with van der Waals surface area (Å²) >= 11 is 0. The SMILES string of the molecule is CCOc1cnc(C(C)=O)o1. The van der Waals surface area contributed by atoms with Crippen LogP contribution in [-0.4, -0.2) is 17.4 Å². The van der Waals surface area contributed by atoms with E-state index >= 15 is 0 Å². The van der Waals surface area contributed by atoms with Crippen LogP contribution in [0.5, 0.6) is 5.95 Å². The molecule has 1 aromatic rings. The summed E-state index contributed by atoms with van der Waals surface area (Å²) in [5, 5.41) is 0. The molecule has 0 radical (unpaired) electrons. The van der Waals surface area contributed by atoms with E-state index in [2.05, 4.69) is 4.98 Å². The van der Waals surface area contributed by atoms with Crippen LogP contribution < -0.4 is 4.74 Å². The van der Waals surface area contributed by atoms with Gasteiger partial charge in [0.25, 0.3) is 5.89 Å². The maximum atomic E-state index is 10.7. The quantitative estimate of drug-likeness (QED) is 0.617. The Morgan fingerprint density at radius 3 is 3.00 bits per heavy atom. The van der Waals surface area contributed by atoms with Crippen LogP contribution in [-0.2, 0) is 0 Å². The highest BCUT2D eigenvalue weighted by atomic mass is 16.6. The second kappa shape index (κ2) is 3.18. The minimum absolute atomic E-state index is 0.0912. The number of oxazole rings is 1. The molecule has 4 heteroatoms. The van der Waals surface area contributed by atoms with E-state index in [-0.39, 0.29) is 17.6 Å². The molecular weight excluding hydrogens is 146 g/mol. The number of nitrogens with zero attached hydrogens (tertiary/aromatic N) is 1. The summed E-state index contributed by atoms with van der Waals surface area (Å²) in [6.07, 6.45) is 1.39. The van der Waals surface area contributed by atoms with E-state index in [0.29, 0.717) is 6.61 Å². The van der Waals surface area contributed by atoms with Gasteiger partial charge >= 0.3 is 5.95 Å². The Morgan fingerprint density at radius 1 is 1.82 bits per heavy atom. The number of ether oxygens (including phenoxy) is 1. The van der Waals surface area contributed by atoms with Gasteiger partial charge in [0.15, 0.2) is 0 Å². The Balaban J connectivity index is 2.73. The van der Waals surface area contributed by atoms with Crippen molar-refractivity contribution < 1.29 is 13.9 Å². The van der Waals surface area contributed by atoms with E-state index < -0.39 is 0 Å². The number of Topliss-reactive ketones (excluding diaryl/α,β-unsaturated/α-hetero) is 1. The van der Waals surface area contributed by atoms with Crippen molar-refractivity contribution in [2.45, 2.75) is 13.8 Å². The molecule has 0 aliphatic carbocycles. The lowest BCUT2D eigenvalue weighted by atomic mass is 10.5. The van der Waals surface area contributed by atoms with Gasteiger partial charge in [-0.25, -0.2) is 4.98 Å². The van der Waals surface area contributed by atoms with E-state index in [9.17, 15) is 4.79 Å². The number of carbonyl (C=O) groups is 1. The highest BCUT2D eigenvalue weighted by molar-refractivity contribution is 5.89. The molecule has 0 atom stereocenters. The standard InChI is InChI=1S/C7H9NO3/c1-3-10-6-4-8-7(11-6)5(2)9/h4H,3H2,1-2H3. The summed E-state index contributed by atoms with van der Waals surface area (Å²) in [5.41, 5.74) is 0. The number of aromatic nitrogens is 1. The van der Waals surface area contributed by atoms with E-state index in [1.165, 1.54) is 13.1 Å². The normalized spacial score (nSPS) is 9.64. The highest BCUT2D eigenvalue weighted by Crippen LogP contribution is 2.12. The molecule has 0 unspecified atom stereocenters. The number of hydrogen-bond donors (Lipinski definition) is 0. The van der Waals surface area contributed by atoms with Crippen LogP contribution in [0.2, 0.25) is 0 Å². The van der Waals surface area contributed by atoms with E-state index in [1.807, 2.05) is 6.92 Å². The predicted octanol–water partition coefficient (Wildman–Crippen LogP) is 1.28. The van der Waals surface area contributed by atoms with Gasteiger partial charge in [-0.05, 0) is 6.92 Å². The molecule has 0 aromatic carbocycles. The Kier molecular flexibility index (Phi) is 2.25. The van der Waals surface area contributed by atoms with Crippen LogP contribution in [0.4, 0.5) is 0 Å². The number of hydrogen-bond acceptors (Lipinski definition) is 4. The minimum Gasteiger partial charge on any atom is -0.464 e. The molecule has 1 rings (SSSR count). The van der Waals surface area contributed by atoms with Crippen molar-refractivity contribution in [2.24, 2.45) is 0 Å². The van der Waals surface area contributed by atoms with Crippen LogP contribution in [0.25, 0.3) is 0 Å². The van der Waals surface area contributed by atoms with Crippen LogP contribution in [0.3, 0.4) is 0 Å². The topological polar surface area (TPSA) is 52.3 Å². The van der Waals surface area contributed by atoms with Gasteiger partial charge < -0.3 is 9.15 Å². The van der Waals surface area contributed by atoms with Crippen LogP contribution in [0.15, 0.2) is 10.6 Å². The van der Waals surface area contributed by atoms with Gasteiger partial charge in [-0.15, -0.1) is 0 Å². The molecule has 1 heterocycles. The Morgan fingerprint density at radius 2 is 2.55 bits per heavy atom. The maximum absolute atomic E-state index is 10.7. The van der Waals surface area contributed by atoms with Crippen molar-refractivity contribution in [3.05, 3.63) is 12.1 Å². The highest BCUT2D eigenvalue weighted by Gasteiger charge is 2.07. The van der Waals surface area contributed by atoms with Crippen molar-refractivity contribution in [2.75, 3.05) is 6.61 Å². The third-order valence-electron chi connectivity index (χ3n) is 1.07. The molecule has 0 aliphatic heterocycles. The summed E-state index contributed by atoms with van der Waals surface area (Å²) in [6, 6.07) is 0. The fraction of sp³-hybridized carbons (Fsp3) is 0.429. The Labute approximate surface area is 64.2 Å². The van der Waals surface area contributed by atoms with Crippen molar-refractivity contribution in [3.63, 3.8) is 0 Å². The van der Waals surface area contributed by atoms with E-state index in [1.54, 1.807) is 0 Å². The van der Waals surface area contributed by atoms with Gasteiger partial charge in [0.05, 0.1) is 6.61 Å². The lowest BCUT2D eigenvalue weighted by Gasteiger charge is -1.92. The first-order chi connectivity index (χ1) is 5.24. The summed E-state index contributed by atoms with van der Waals surface area (Å²) in [7, 11) is 0. The van der Waals surface area contributed by atoms with Crippen molar-refractivity contribution in [1.29, 1.82) is 0 Å². The Hall–Kier alpha value is -1.32. The first kappa shape index (κ1) is 7.78. The zero-order valence-corrected chi connectivity index (χ0v) is 6.46. The fourth-order valence-corrected chi connectivity index (χ4v) is 0.631. The monoisotopic (exact) mass is 155 g/mol. The molecule has 0 fully saturated rings. The number of rotatable bonds is 3. The van der Waals surface area contributed by atoms with E-state index in [0.717, 1.165) is 0 Å². The Bertz CT molecular complexity index is 254. The molecule has 0 aliphatic rings. The zero-order chi connectivity index (χ0) is 8.27. The van der Waals surface area contributed by atoms with Gasteiger partial charge in [0.2, 0.25) is 5.78 Å². The molecule has 0 amide bonds. The summed E-state index contributed by atoms with van der Waals surface area (Å²) in [5.74, 6) is 0.183. The molecule has 60 valence electrons. The second-order valence-corrected chi connectivity index (χ2v) is 1.97. The molecule has 4 nitrogen and oxygen atoms in total. The second-order valence-electron chi connectivity index (χ2n) is 1.97. The summed E-state index contributed by atoms with van der Waals surface area (Å²) < 4.78 is 9.86. The van der Waals surface area contributed by atoms with Gasteiger partial charge in [-0.2, -0.15) is 0 Å². The lowest BCUT2D eigenvalue weighted by molar-refractivity contribution is 0.0972. The average molecular weight is 155 g/mol. The van der Waals surface area contributed by atoms with Gasteiger partial charge in [-0.3, -0.25) is 4.79 Å². The maximum Gasteiger partial charge on any atom is 0.305 e. The fourth-order valence-electron chi connectivity index (χ4n) is 0.631. The van der Waals surface area contributed by atoms with Crippen molar-refractivity contribution >= 4 is 5.78 Å². The predicted molar refractivity (Wildman–Crippen MR) is 37.7 cm³/mol. The zero-order valence-electron chi connectivity index (χ0n) is 6.46. The first-order valence-corrected chi connectivity index (χ1v) is 3.33. The molecule has 0 saturated carbocycles. The van der Waals surface area contributed by atoms with Gasteiger partial charge in [0.1, 0.15) is 6.20 Å². The molecule has 0 N–H and O–H groups in total. The smallest absolute Gasteiger partial charge is 0.305 e. The average Bonchev–Trinajstić information content (AvgIpc) is 2.37. The molecule has 0 spiro atoms. The van der Waals surface area contributed by atoms with Crippen molar-refractivity contribution in [1.82, 2.24) is 4.98 Å². The minimum atomic E-state index is -0.198. The summed E-state index contributed by atoms with van der Waals surface area (Å²) in [4.78, 5) is 14.3. The van der Waals surface area contributed by atoms with Gasteiger partial charge in [0, 0.05) is 6.92 Å². The van der Waals surface area contributed by atoms with Crippen molar-refractivity contribution in [3.8, 4) is 5.95 Å².